The maximum atomic E-state index is 11.5. The number of aromatic nitrogens is 2. The Labute approximate surface area is 141 Å². The van der Waals surface area contributed by atoms with E-state index in [4.69, 9.17) is 0 Å². The summed E-state index contributed by atoms with van der Waals surface area (Å²) < 4.78 is 0. The fourth-order valence-corrected chi connectivity index (χ4v) is 3.48. The second-order valence-corrected chi connectivity index (χ2v) is 6.26. The van der Waals surface area contributed by atoms with Crippen LogP contribution in [-0.4, -0.2) is 53.5 Å². The molecule has 24 heavy (non-hydrogen) atoms. The standard InChI is InChI=1S/C18H21N5O/c1-14(24)21-8-10-22(11-9-21)17-12-18(20-13-19-17)23-7-6-15-4-2-3-5-16(15)23/h2-5,12-13H,6-11H2,1H3. The quantitative estimate of drug-likeness (QED) is 0.844. The minimum Gasteiger partial charge on any atom is -0.353 e. The second kappa shape index (κ2) is 6.11. The molecule has 6 heteroatoms. The molecule has 0 N–H and O–H groups in total. The first-order valence-corrected chi connectivity index (χ1v) is 8.40. The average molecular weight is 323 g/mol. The zero-order valence-corrected chi connectivity index (χ0v) is 13.9. The zero-order valence-electron chi connectivity index (χ0n) is 13.9. The molecule has 124 valence electrons. The van der Waals surface area contributed by atoms with Gasteiger partial charge in [-0.3, -0.25) is 4.79 Å². The van der Waals surface area contributed by atoms with Crippen LogP contribution >= 0.6 is 0 Å². The molecule has 1 aromatic carbocycles. The van der Waals surface area contributed by atoms with Crippen LogP contribution in [0.4, 0.5) is 17.3 Å². The highest BCUT2D eigenvalue weighted by molar-refractivity contribution is 5.73. The van der Waals surface area contributed by atoms with E-state index in [1.807, 2.05) is 4.90 Å². The zero-order chi connectivity index (χ0) is 16.5. The average Bonchev–Trinajstić information content (AvgIpc) is 3.06. The number of piperazine rings is 1. The molecule has 1 aromatic heterocycles. The predicted octanol–water partition coefficient (Wildman–Crippen LogP) is 1.84. The topological polar surface area (TPSA) is 52.6 Å². The van der Waals surface area contributed by atoms with E-state index in [9.17, 15) is 4.79 Å². The lowest BCUT2D eigenvalue weighted by Gasteiger charge is -2.35. The summed E-state index contributed by atoms with van der Waals surface area (Å²) in [6.07, 6.45) is 2.69. The Kier molecular flexibility index (Phi) is 3.80. The predicted molar refractivity (Wildman–Crippen MR) is 93.7 cm³/mol. The van der Waals surface area contributed by atoms with Crippen LogP contribution in [0.25, 0.3) is 0 Å². The van der Waals surface area contributed by atoms with Crippen molar-refractivity contribution in [2.45, 2.75) is 13.3 Å². The van der Waals surface area contributed by atoms with Gasteiger partial charge in [0.25, 0.3) is 0 Å². The van der Waals surface area contributed by atoms with Crippen molar-refractivity contribution in [1.29, 1.82) is 0 Å². The van der Waals surface area contributed by atoms with Gasteiger partial charge in [0.2, 0.25) is 5.91 Å². The highest BCUT2D eigenvalue weighted by Crippen LogP contribution is 2.33. The van der Waals surface area contributed by atoms with Gasteiger partial charge in [0.05, 0.1) is 0 Å². The van der Waals surface area contributed by atoms with Crippen molar-refractivity contribution in [2.75, 3.05) is 42.5 Å². The number of hydrogen-bond acceptors (Lipinski definition) is 5. The van der Waals surface area contributed by atoms with Gasteiger partial charge < -0.3 is 14.7 Å². The monoisotopic (exact) mass is 323 g/mol. The molecular weight excluding hydrogens is 302 g/mol. The molecule has 3 heterocycles. The number of hydrogen-bond donors (Lipinski definition) is 0. The lowest BCUT2D eigenvalue weighted by molar-refractivity contribution is -0.129. The third kappa shape index (κ3) is 2.68. The van der Waals surface area contributed by atoms with Crippen LogP contribution in [0.3, 0.4) is 0 Å². The van der Waals surface area contributed by atoms with Crippen LogP contribution in [0.15, 0.2) is 36.7 Å². The van der Waals surface area contributed by atoms with Crippen molar-refractivity contribution in [1.82, 2.24) is 14.9 Å². The van der Waals surface area contributed by atoms with Crippen LogP contribution < -0.4 is 9.80 Å². The van der Waals surface area contributed by atoms with E-state index in [1.54, 1.807) is 13.3 Å². The number of carbonyl (C=O) groups is 1. The van der Waals surface area contributed by atoms with Crippen LogP contribution in [0.2, 0.25) is 0 Å². The number of nitrogens with zero attached hydrogens (tertiary/aromatic N) is 5. The van der Waals surface area contributed by atoms with E-state index in [-0.39, 0.29) is 5.91 Å². The van der Waals surface area contributed by atoms with Gasteiger partial charge >= 0.3 is 0 Å². The summed E-state index contributed by atoms with van der Waals surface area (Å²) in [6, 6.07) is 10.5. The lowest BCUT2D eigenvalue weighted by Crippen LogP contribution is -2.48. The lowest BCUT2D eigenvalue weighted by atomic mass is 10.2. The summed E-state index contributed by atoms with van der Waals surface area (Å²) >= 11 is 0. The minimum atomic E-state index is 0.145. The molecular formula is C18H21N5O. The fraction of sp³-hybridized carbons (Fsp3) is 0.389. The Morgan fingerprint density at radius 1 is 1.00 bits per heavy atom. The first-order valence-electron chi connectivity index (χ1n) is 8.40. The molecule has 0 unspecified atom stereocenters. The van der Waals surface area contributed by atoms with E-state index < -0.39 is 0 Å². The molecule has 0 radical (unpaired) electrons. The highest BCUT2D eigenvalue weighted by atomic mass is 16.2. The van der Waals surface area contributed by atoms with Crippen LogP contribution in [0.1, 0.15) is 12.5 Å². The molecule has 2 aromatic rings. The number of para-hydroxylation sites is 1. The minimum absolute atomic E-state index is 0.145. The summed E-state index contributed by atoms with van der Waals surface area (Å²) in [5.41, 5.74) is 2.61. The Morgan fingerprint density at radius 2 is 1.75 bits per heavy atom. The normalized spacial score (nSPS) is 17.1. The first kappa shape index (κ1) is 14.9. The SMILES string of the molecule is CC(=O)N1CCN(c2cc(N3CCc4ccccc43)ncn2)CC1. The van der Waals surface area contributed by atoms with Crippen LogP contribution in [-0.2, 0) is 11.2 Å². The molecule has 0 aliphatic carbocycles. The molecule has 2 aliphatic rings. The first-order chi connectivity index (χ1) is 11.7. The van der Waals surface area contributed by atoms with Gasteiger partial charge in [-0.2, -0.15) is 0 Å². The molecule has 0 bridgehead atoms. The molecule has 1 amide bonds. The van der Waals surface area contributed by atoms with E-state index in [1.165, 1.54) is 11.3 Å². The maximum absolute atomic E-state index is 11.5. The molecule has 1 fully saturated rings. The number of amides is 1. The Balaban J connectivity index is 1.54. The molecule has 1 saturated heterocycles. The third-order valence-corrected chi connectivity index (χ3v) is 4.85. The van der Waals surface area contributed by atoms with Gasteiger partial charge in [-0.1, -0.05) is 18.2 Å². The van der Waals surface area contributed by atoms with E-state index in [2.05, 4.69) is 50.1 Å². The van der Waals surface area contributed by atoms with Crippen molar-refractivity contribution >= 4 is 23.2 Å². The largest absolute Gasteiger partial charge is 0.353 e. The van der Waals surface area contributed by atoms with Crippen molar-refractivity contribution in [3.8, 4) is 0 Å². The van der Waals surface area contributed by atoms with Gasteiger partial charge in [0.15, 0.2) is 0 Å². The number of rotatable bonds is 2. The van der Waals surface area contributed by atoms with Crippen molar-refractivity contribution < 1.29 is 4.79 Å². The molecule has 0 spiro atoms. The van der Waals surface area contributed by atoms with Gasteiger partial charge in [-0.05, 0) is 18.1 Å². The number of benzene rings is 1. The van der Waals surface area contributed by atoms with Gasteiger partial charge in [0, 0.05) is 51.4 Å². The number of fused-ring (bicyclic) bond motifs is 1. The Morgan fingerprint density at radius 3 is 2.54 bits per heavy atom. The van der Waals surface area contributed by atoms with Crippen LogP contribution in [0.5, 0.6) is 0 Å². The molecule has 2 aliphatic heterocycles. The van der Waals surface area contributed by atoms with E-state index in [0.29, 0.717) is 0 Å². The third-order valence-electron chi connectivity index (χ3n) is 4.85. The smallest absolute Gasteiger partial charge is 0.219 e. The van der Waals surface area contributed by atoms with E-state index in [0.717, 1.165) is 50.8 Å². The van der Waals surface area contributed by atoms with Crippen molar-refractivity contribution in [3.05, 3.63) is 42.2 Å². The Hall–Kier alpha value is -2.63. The van der Waals surface area contributed by atoms with Crippen LogP contribution in [0, 0.1) is 0 Å². The molecule has 6 nitrogen and oxygen atoms in total. The molecule has 0 saturated carbocycles. The number of anilines is 3. The molecule has 0 atom stereocenters. The van der Waals surface area contributed by atoms with Gasteiger partial charge in [-0.25, -0.2) is 9.97 Å². The summed E-state index contributed by atoms with van der Waals surface area (Å²) in [4.78, 5) is 26.8. The van der Waals surface area contributed by atoms with Gasteiger partial charge in [0.1, 0.15) is 18.0 Å². The van der Waals surface area contributed by atoms with Crippen molar-refractivity contribution in [2.24, 2.45) is 0 Å². The highest BCUT2D eigenvalue weighted by Gasteiger charge is 2.23. The summed E-state index contributed by atoms with van der Waals surface area (Å²) in [6.45, 7) is 5.71. The van der Waals surface area contributed by atoms with Gasteiger partial charge in [-0.15, -0.1) is 0 Å². The maximum Gasteiger partial charge on any atom is 0.219 e. The summed E-state index contributed by atoms with van der Waals surface area (Å²) in [7, 11) is 0. The van der Waals surface area contributed by atoms with E-state index >= 15 is 0 Å². The second-order valence-electron chi connectivity index (χ2n) is 6.26. The summed E-state index contributed by atoms with van der Waals surface area (Å²) in [5, 5.41) is 0. The fourth-order valence-electron chi connectivity index (χ4n) is 3.48. The molecule has 4 rings (SSSR count). The van der Waals surface area contributed by atoms with Crippen molar-refractivity contribution in [3.63, 3.8) is 0 Å². The summed E-state index contributed by atoms with van der Waals surface area (Å²) in [5.74, 6) is 2.03. The Bertz CT molecular complexity index is 755. The number of carbonyl (C=O) groups excluding carboxylic acids is 1.